The third-order valence-corrected chi connectivity index (χ3v) is 6.60. The second kappa shape index (κ2) is 7.06. The minimum absolute atomic E-state index is 0.00172. The van der Waals surface area contributed by atoms with Crippen molar-refractivity contribution in [2.75, 3.05) is 18.2 Å². The number of nitrogens with one attached hydrogen (secondary N) is 1. The highest BCUT2D eigenvalue weighted by Crippen LogP contribution is 2.32. The summed E-state index contributed by atoms with van der Waals surface area (Å²) in [6, 6.07) is 1.33. The lowest BCUT2D eigenvalue weighted by atomic mass is 10.3. The van der Waals surface area contributed by atoms with Crippen molar-refractivity contribution in [1.29, 1.82) is 0 Å². The zero-order valence-corrected chi connectivity index (χ0v) is 14.2. The van der Waals surface area contributed by atoms with Crippen LogP contribution in [0.2, 0.25) is 5.02 Å². The monoisotopic (exact) mass is 406 g/mol. The van der Waals surface area contributed by atoms with Gasteiger partial charge >= 0.3 is 6.18 Å². The van der Waals surface area contributed by atoms with Crippen LogP contribution >= 0.6 is 23.4 Å². The first-order valence-electron chi connectivity index (χ1n) is 6.41. The van der Waals surface area contributed by atoms with Crippen molar-refractivity contribution in [2.45, 2.75) is 17.1 Å². The van der Waals surface area contributed by atoms with Crippen LogP contribution in [-0.2, 0) is 14.8 Å². The number of hydrogen-bond donors (Lipinski definition) is 1. The Balaban J connectivity index is 2.24. The molecule has 0 spiro atoms. The zero-order valence-electron chi connectivity index (χ0n) is 11.8. The Bertz CT molecular complexity index is 742. The number of benzene rings is 1. The second-order valence-electron chi connectivity index (χ2n) is 4.82. The molecule has 1 aromatic carbocycles. The molecule has 1 aliphatic heterocycles. The van der Waals surface area contributed by atoms with Gasteiger partial charge in [0, 0.05) is 5.75 Å². The summed E-state index contributed by atoms with van der Waals surface area (Å²) in [5.41, 5.74) is 0. The summed E-state index contributed by atoms with van der Waals surface area (Å²) < 4.78 is 75.5. The molecule has 12 heteroatoms. The molecule has 2 rings (SSSR count). The minimum Gasteiger partial charge on any atom is -0.346 e. The van der Waals surface area contributed by atoms with E-state index in [1.807, 2.05) is 0 Å². The molecular formula is C12H11ClF4N2O3S2. The van der Waals surface area contributed by atoms with Crippen LogP contribution in [0.3, 0.4) is 0 Å². The molecule has 1 fully saturated rings. The van der Waals surface area contributed by atoms with Gasteiger partial charge in [-0.1, -0.05) is 11.6 Å². The fourth-order valence-electron chi connectivity index (χ4n) is 1.99. The van der Waals surface area contributed by atoms with Crippen molar-refractivity contribution in [3.63, 3.8) is 0 Å². The smallest absolute Gasteiger partial charge is 0.346 e. The van der Waals surface area contributed by atoms with Crippen molar-refractivity contribution in [1.82, 2.24) is 9.62 Å². The number of carbonyl (C=O) groups is 1. The summed E-state index contributed by atoms with van der Waals surface area (Å²) in [5, 5.41) is 1.29. The van der Waals surface area contributed by atoms with Crippen molar-refractivity contribution >= 4 is 39.3 Å². The van der Waals surface area contributed by atoms with Gasteiger partial charge in [0.15, 0.2) is 0 Å². The Labute approximate surface area is 144 Å². The van der Waals surface area contributed by atoms with Crippen molar-refractivity contribution in [2.24, 2.45) is 0 Å². The summed E-state index contributed by atoms with van der Waals surface area (Å²) in [5.74, 6) is -1.92. The topological polar surface area (TPSA) is 66.5 Å². The molecule has 1 amide bonds. The highest BCUT2D eigenvalue weighted by atomic mass is 35.5. The number of alkyl halides is 3. The van der Waals surface area contributed by atoms with E-state index in [4.69, 9.17) is 11.6 Å². The van der Waals surface area contributed by atoms with Crippen molar-refractivity contribution in [3.05, 3.63) is 29.0 Å². The molecule has 1 N–H and O–H groups in total. The Kier molecular flexibility index (Phi) is 5.68. The van der Waals surface area contributed by atoms with Gasteiger partial charge in [0.2, 0.25) is 15.9 Å². The third kappa shape index (κ3) is 4.32. The fraction of sp³-hybridized carbons (Fsp3) is 0.417. The molecule has 0 aromatic heterocycles. The molecular weight excluding hydrogens is 396 g/mol. The van der Waals surface area contributed by atoms with Gasteiger partial charge in [0.25, 0.3) is 0 Å². The van der Waals surface area contributed by atoms with E-state index in [1.54, 1.807) is 5.32 Å². The molecule has 5 nitrogen and oxygen atoms in total. The van der Waals surface area contributed by atoms with E-state index < -0.39 is 45.4 Å². The first-order chi connectivity index (χ1) is 11.0. The molecule has 0 radical (unpaired) electrons. The van der Waals surface area contributed by atoms with Crippen molar-refractivity contribution in [3.8, 4) is 0 Å². The summed E-state index contributed by atoms with van der Waals surface area (Å²) in [4.78, 5) is 11.5. The molecule has 1 aliphatic rings. The molecule has 1 atom stereocenters. The number of thioether (sulfide) groups is 1. The van der Waals surface area contributed by atoms with Gasteiger partial charge in [0.05, 0.1) is 10.9 Å². The Morgan fingerprint density at radius 3 is 2.67 bits per heavy atom. The molecule has 0 saturated carbocycles. The maximum absolute atomic E-state index is 13.1. The standard InChI is InChI=1S/C12H11ClF4N2O3S2/c13-8-3-7(14)1-2-10(8)24(21,22)19-6-23-4-9(19)11(20)18-5-12(15,16)17/h1-3,9H,4-6H2,(H,18,20)/t9-/m0/s1. The lowest BCUT2D eigenvalue weighted by Crippen LogP contribution is -2.49. The first-order valence-corrected chi connectivity index (χ1v) is 9.39. The highest BCUT2D eigenvalue weighted by molar-refractivity contribution is 8.00. The largest absolute Gasteiger partial charge is 0.405 e. The number of carbonyl (C=O) groups excluding carboxylic acids is 1. The average Bonchev–Trinajstić information content (AvgIpc) is 2.93. The summed E-state index contributed by atoms with van der Waals surface area (Å²) in [6.45, 7) is -1.56. The van der Waals surface area contributed by atoms with Gasteiger partial charge in [-0.2, -0.15) is 17.5 Å². The summed E-state index contributed by atoms with van der Waals surface area (Å²) in [6.07, 6.45) is -4.61. The van der Waals surface area contributed by atoms with E-state index in [-0.39, 0.29) is 16.7 Å². The predicted molar refractivity (Wildman–Crippen MR) is 80.6 cm³/mol. The minimum atomic E-state index is -4.61. The third-order valence-electron chi connectivity index (χ3n) is 3.09. The second-order valence-corrected chi connectivity index (χ2v) is 8.08. The van der Waals surface area contributed by atoms with Crippen molar-refractivity contribution < 1.29 is 30.8 Å². The Morgan fingerprint density at radius 1 is 1.42 bits per heavy atom. The molecule has 1 aromatic rings. The Hall–Kier alpha value is -1.04. The van der Waals surface area contributed by atoms with Gasteiger partial charge in [-0.05, 0) is 18.2 Å². The fourth-order valence-corrected chi connectivity index (χ4v) is 5.64. The summed E-state index contributed by atoms with van der Waals surface area (Å²) in [7, 11) is -4.26. The van der Waals surface area contributed by atoms with Gasteiger partial charge in [-0.3, -0.25) is 4.79 Å². The van der Waals surface area contributed by atoms with Crippen LogP contribution in [0.15, 0.2) is 23.1 Å². The molecule has 0 unspecified atom stereocenters. The van der Waals surface area contributed by atoms with Gasteiger partial charge in [0.1, 0.15) is 23.3 Å². The zero-order chi connectivity index (χ0) is 18.1. The van der Waals surface area contributed by atoms with Gasteiger partial charge < -0.3 is 5.32 Å². The molecule has 1 saturated heterocycles. The van der Waals surface area contributed by atoms with Gasteiger partial charge in [-0.15, -0.1) is 11.8 Å². The number of rotatable bonds is 4. The van der Waals surface area contributed by atoms with E-state index in [0.29, 0.717) is 0 Å². The highest BCUT2D eigenvalue weighted by Gasteiger charge is 2.41. The molecule has 0 bridgehead atoms. The molecule has 134 valence electrons. The SMILES string of the molecule is O=C(NCC(F)(F)F)[C@@H]1CSCN1S(=O)(=O)c1ccc(F)cc1Cl. The Morgan fingerprint density at radius 2 is 2.08 bits per heavy atom. The maximum atomic E-state index is 13.1. The van der Waals surface area contributed by atoms with E-state index >= 15 is 0 Å². The van der Waals surface area contributed by atoms with Crippen LogP contribution in [-0.4, -0.2) is 49.0 Å². The van der Waals surface area contributed by atoms with Crippen LogP contribution < -0.4 is 5.32 Å². The van der Waals surface area contributed by atoms with E-state index in [0.717, 1.165) is 34.3 Å². The number of amides is 1. The number of hydrogen-bond acceptors (Lipinski definition) is 4. The molecule has 24 heavy (non-hydrogen) atoms. The molecule has 1 heterocycles. The number of halogens is 5. The van der Waals surface area contributed by atoms with Crippen LogP contribution in [0.4, 0.5) is 17.6 Å². The maximum Gasteiger partial charge on any atom is 0.405 e. The number of sulfonamides is 1. The van der Waals surface area contributed by atoms with Gasteiger partial charge in [-0.25, -0.2) is 12.8 Å². The number of nitrogens with zero attached hydrogens (tertiary/aromatic N) is 1. The molecule has 0 aliphatic carbocycles. The first kappa shape index (κ1) is 19.3. The predicted octanol–water partition coefficient (Wildman–Crippen LogP) is 2.22. The average molecular weight is 407 g/mol. The quantitative estimate of drug-likeness (QED) is 0.779. The lowest BCUT2D eigenvalue weighted by molar-refractivity contribution is -0.140. The van der Waals surface area contributed by atoms with E-state index in [1.165, 1.54) is 0 Å². The van der Waals surface area contributed by atoms with Crippen LogP contribution in [0.1, 0.15) is 0 Å². The van der Waals surface area contributed by atoms with Crippen LogP contribution in [0.25, 0.3) is 0 Å². The normalized spacial score (nSPS) is 19.5. The van der Waals surface area contributed by atoms with E-state index in [9.17, 15) is 30.8 Å². The van der Waals surface area contributed by atoms with E-state index in [2.05, 4.69) is 0 Å². The lowest BCUT2D eigenvalue weighted by Gasteiger charge is -2.23. The summed E-state index contributed by atoms with van der Waals surface area (Å²) >= 11 is 6.81. The van der Waals surface area contributed by atoms with Crippen LogP contribution in [0.5, 0.6) is 0 Å². The van der Waals surface area contributed by atoms with Crippen LogP contribution in [0, 0.1) is 5.82 Å².